The number of primary amides is 1. The molecule has 2 amide bonds. The van der Waals surface area contributed by atoms with Gasteiger partial charge in [-0.3, -0.25) is 19.3 Å². The molecule has 0 aliphatic carbocycles. The van der Waals surface area contributed by atoms with E-state index in [0.717, 1.165) is 24.4 Å². The summed E-state index contributed by atoms with van der Waals surface area (Å²) in [5.74, 6) is -5.64. The van der Waals surface area contributed by atoms with Crippen LogP contribution in [-0.2, 0) is 0 Å². The molecule has 2 atom stereocenters. The molecule has 3 aromatic rings. The molecule has 1 aliphatic rings. The molecular weight excluding hydrogens is 537 g/mol. The lowest BCUT2D eigenvalue weighted by Gasteiger charge is -2.44. The van der Waals surface area contributed by atoms with Crippen molar-refractivity contribution in [1.82, 2.24) is 9.88 Å². The monoisotopic (exact) mass is 563 g/mol. The Morgan fingerprint density at radius 3 is 2.15 bits per heavy atom. The van der Waals surface area contributed by atoms with Crippen LogP contribution in [0.3, 0.4) is 0 Å². The topological polar surface area (TPSA) is 112 Å². The molecule has 0 spiro atoms. The van der Waals surface area contributed by atoms with Crippen LogP contribution in [0.1, 0.15) is 46.6 Å². The van der Waals surface area contributed by atoms with E-state index >= 15 is 4.39 Å². The fourth-order valence-electron chi connectivity index (χ4n) is 4.73. The molecule has 40 heavy (non-hydrogen) atoms. The number of nitrogens with two attached hydrogens (primary N) is 1. The number of nitrogens with one attached hydrogen (secondary N) is 2. The maximum atomic E-state index is 15.6. The zero-order valence-electron chi connectivity index (χ0n) is 21.7. The van der Waals surface area contributed by atoms with E-state index in [9.17, 15) is 31.9 Å². The Kier molecular flexibility index (Phi) is 7.96. The number of carbonyl (C=O) groups is 2. The molecule has 1 saturated heterocycles. The number of likely N-dealkylation sites (N-methyl/N-ethyl adjacent to an activating group) is 1. The second-order valence-electron chi connectivity index (χ2n) is 9.71. The average Bonchev–Trinajstić information content (AvgIpc) is 2.87. The summed E-state index contributed by atoms with van der Waals surface area (Å²) in [6.07, 6.45) is -2.31. The lowest BCUT2D eigenvalue weighted by Crippen LogP contribution is -2.55. The van der Waals surface area contributed by atoms with Gasteiger partial charge in [0.2, 0.25) is 5.56 Å². The number of benzene rings is 2. The summed E-state index contributed by atoms with van der Waals surface area (Å²) in [4.78, 5) is 42.5. The summed E-state index contributed by atoms with van der Waals surface area (Å²) >= 11 is 0. The number of H-pyrrole nitrogens is 1. The van der Waals surface area contributed by atoms with Crippen LogP contribution < -0.4 is 21.5 Å². The van der Waals surface area contributed by atoms with E-state index in [0.29, 0.717) is 25.2 Å². The number of hydrogen-bond acceptors (Lipinski definition) is 5. The molecule has 4 rings (SSSR count). The van der Waals surface area contributed by atoms with Gasteiger partial charge in [-0.2, -0.15) is 0 Å². The van der Waals surface area contributed by atoms with E-state index in [1.165, 1.54) is 0 Å². The van der Waals surface area contributed by atoms with Crippen molar-refractivity contribution in [3.63, 3.8) is 0 Å². The first kappa shape index (κ1) is 28.7. The maximum Gasteiger partial charge on any atom is 0.264 e. The van der Waals surface area contributed by atoms with Gasteiger partial charge >= 0.3 is 0 Å². The van der Waals surface area contributed by atoms with Crippen molar-refractivity contribution in [2.75, 3.05) is 30.4 Å². The minimum absolute atomic E-state index is 0.00680. The van der Waals surface area contributed by atoms with Gasteiger partial charge < -0.3 is 20.9 Å². The smallest absolute Gasteiger partial charge is 0.264 e. The predicted octanol–water partition coefficient (Wildman–Crippen LogP) is 4.28. The molecule has 2 aromatic carbocycles. The molecule has 1 aromatic heterocycles. The van der Waals surface area contributed by atoms with Crippen LogP contribution in [0.4, 0.5) is 33.3 Å². The zero-order valence-corrected chi connectivity index (χ0v) is 21.7. The van der Waals surface area contributed by atoms with Crippen molar-refractivity contribution in [3.8, 4) is 11.1 Å². The molecule has 1 fully saturated rings. The Hall–Kier alpha value is -4.26. The number of piperazine rings is 1. The van der Waals surface area contributed by atoms with Gasteiger partial charge in [-0.1, -0.05) is 0 Å². The standard InChI is InChI=1S/C27H26F5N5O3/c1-12-10-37(11-13(2)36(12)3)23-8-21(30)15(14-4-17(26(33)39)20(29)7-19(14)28)5-22(23)35-27(40)18-9-34-24(38)6-16(18)25(31)32/h4-9,12-13,25H,10-11H2,1-3H3,(H2,33,39)(H,34,38)(H,35,40)/t12-,13?/m0/s1. The van der Waals surface area contributed by atoms with Gasteiger partial charge in [0.05, 0.1) is 22.5 Å². The summed E-state index contributed by atoms with van der Waals surface area (Å²) in [5, 5.41) is 2.48. The van der Waals surface area contributed by atoms with Gasteiger partial charge in [0, 0.05) is 60.2 Å². The highest BCUT2D eigenvalue weighted by Crippen LogP contribution is 2.38. The molecule has 4 N–H and O–H groups in total. The van der Waals surface area contributed by atoms with E-state index in [1.54, 1.807) is 4.90 Å². The number of carbonyl (C=O) groups excluding carboxylic acids is 2. The molecule has 1 unspecified atom stereocenters. The molecule has 0 saturated carbocycles. The quantitative estimate of drug-likeness (QED) is 0.388. The first-order valence-corrected chi connectivity index (χ1v) is 12.2. The number of hydrogen-bond donors (Lipinski definition) is 3. The van der Waals surface area contributed by atoms with Crippen molar-refractivity contribution in [1.29, 1.82) is 0 Å². The zero-order chi connectivity index (χ0) is 29.5. The Morgan fingerprint density at radius 2 is 1.55 bits per heavy atom. The Balaban J connectivity index is 1.88. The average molecular weight is 564 g/mol. The second-order valence-corrected chi connectivity index (χ2v) is 9.71. The Morgan fingerprint density at radius 1 is 0.950 bits per heavy atom. The molecule has 1 aliphatic heterocycles. The Labute approximate surface area is 225 Å². The molecule has 2 heterocycles. The van der Waals surface area contributed by atoms with E-state index in [2.05, 4.69) is 15.2 Å². The minimum atomic E-state index is -3.15. The van der Waals surface area contributed by atoms with Gasteiger partial charge in [0.1, 0.15) is 17.5 Å². The van der Waals surface area contributed by atoms with Crippen LogP contribution in [-0.4, -0.2) is 53.9 Å². The van der Waals surface area contributed by atoms with E-state index < -0.39 is 69.1 Å². The van der Waals surface area contributed by atoms with Crippen molar-refractivity contribution in [3.05, 3.63) is 81.0 Å². The number of halogens is 5. The molecular formula is C27H26F5N5O3. The number of aromatic amines is 1. The Bertz CT molecular complexity index is 1530. The van der Waals surface area contributed by atoms with Crippen LogP contribution in [0.5, 0.6) is 0 Å². The van der Waals surface area contributed by atoms with Gasteiger partial charge in [-0.15, -0.1) is 0 Å². The summed E-state index contributed by atoms with van der Waals surface area (Å²) in [7, 11) is 1.93. The van der Waals surface area contributed by atoms with Crippen molar-refractivity contribution >= 4 is 23.2 Å². The molecule has 0 radical (unpaired) electrons. The van der Waals surface area contributed by atoms with Crippen molar-refractivity contribution < 1.29 is 31.5 Å². The first-order chi connectivity index (χ1) is 18.8. The van der Waals surface area contributed by atoms with E-state index in [1.807, 2.05) is 20.9 Å². The van der Waals surface area contributed by atoms with E-state index in [-0.39, 0.29) is 23.5 Å². The number of pyridine rings is 1. The fourth-order valence-corrected chi connectivity index (χ4v) is 4.73. The third-order valence-corrected chi connectivity index (χ3v) is 7.08. The van der Waals surface area contributed by atoms with Crippen LogP contribution in [0.15, 0.2) is 41.3 Å². The SMILES string of the molecule is CC1CN(c2cc(F)c(-c3cc(C(N)=O)c(F)cc3F)cc2NC(=O)c2c[nH]c(=O)cc2C(F)F)C[C@H](C)N1C. The highest BCUT2D eigenvalue weighted by Gasteiger charge is 2.30. The lowest BCUT2D eigenvalue weighted by molar-refractivity contribution is 0.0992. The molecule has 8 nitrogen and oxygen atoms in total. The highest BCUT2D eigenvalue weighted by atomic mass is 19.3. The fraction of sp³-hybridized carbons (Fsp3) is 0.296. The third kappa shape index (κ3) is 5.55. The van der Waals surface area contributed by atoms with Crippen LogP contribution in [0.25, 0.3) is 11.1 Å². The van der Waals surface area contributed by atoms with Crippen LogP contribution in [0, 0.1) is 17.5 Å². The van der Waals surface area contributed by atoms with Crippen LogP contribution in [0.2, 0.25) is 0 Å². The van der Waals surface area contributed by atoms with Gasteiger partial charge in [0.25, 0.3) is 18.2 Å². The summed E-state index contributed by atoms with van der Waals surface area (Å²) in [5.41, 5.74) is 1.47. The third-order valence-electron chi connectivity index (χ3n) is 7.08. The lowest BCUT2D eigenvalue weighted by atomic mass is 9.98. The van der Waals surface area contributed by atoms with Crippen molar-refractivity contribution in [2.24, 2.45) is 5.73 Å². The van der Waals surface area contributed by atoms with Crippen LogP contribution >= 0.6 is 0 Å². The highest BCUT2D eigenvalue weighted by molar-refractivity contribution is 6.07. The summed E-state index contributed by atoms with van der Waals surface area (Å²) < 4.78 is 71.7. The largest absolute Gasteiger partial charge is 0.367 e. The number of aromatic nitrogens is 1. The van der Waals surface area contributed by atoms with Crippen molar-refractivity contribution in [2.45, 2.75) is 32.4 Å². The number of amides is 2. The first-order valence-electron chi connectivity index (χ1n) is 12.2. The number of alkyl halides is 2. The van der Waals surface area contributed by atoms with Gasteiger partial charge in [-0.05, 0) is 39.1 Å². The minimum Gasteiger partial charge on any atom is -0.367 e. The molecule has 212 valence electrons. The van der Waals surface area contributed by atoms with Gasteiger partial charge in [0.15, 0.2) is 0 Å². The second kappa shape index (κ2) is 11.1. The predicted molar refractivity (Wildman–Crippen MR) is 139 cm³/mol. The molecule has 13 heteroatoms. The normalized spacial score (nSPS) is 17.8. The van der Waals surface area contributed by atoms with Gasteiger partial charge in [-0.25, -0.2) is 22.0 Å². The molecule has 0 bridgehead atoms. The number of anilines is 2. The summed E-state index contributed by atoms with van der Waals surface area (Å²) in [6.45, 7) is 4.70. The maximum absolute atomic E-state index is 15.6. The number of nitrogens with zero attached hydrogens (tertiary/aromatic N) is 2. The van der Waals surface area contributed by atoms with E-state index in [4.69, 9.17) is 5.73 Å². The summed E-state index contributed by atoms with van der Waals surface area (Å²) in [6, 6.07) is 3.88. The number of rotatable bonds is 6.